The van der Waals surface area contributed by atoms with Crippen LogP contribution >= 0.6 is 23.2 Å². The first kappa shape index (κ1) is 16.1. The molecule has 0 atom stereocenters. The lowest BCUT2D eigenvalue weighted by Crippen LogP contribution is -2.20. The zero-order valence-corrected chi connectivity index (χ0v) is 12.7. The predicted octanol–water partition coefficient (Wildman–Crippen LogP) is 3.71. The average Bonchev–Trinajstić information content (AvgIpc) is 2.47. The van der Waals surface area contributed by atoms with E-state index < -0.39 is 11.9 Å². The largest absolute Gasteiger partial charge is 0.482 e. The van der Waals surface area contributed by atoms with Gasteiger partial charge in [-0.05, 0) is 42.5 Å². The summed E-state index contributed by atoms with van der Waals surface area (Å²) in [6.07, 6.45) is 0. The Bertz CT molecular complexity index is 701. The van der Waals surface area contributed by atoms with Gasteiger partial charge in [0.25, 0.3) is 5.91 Å². The third-order valence-corrected chi connectivity index (χ3v) is 3.20. The first-order chi connectivity index (χ1) is 10.5. The molecule has 0 aliphatic carbocycles. The molecule has 0 aromatic heterocycles. The molecule has 0 spiro atoms. The van der Waals surface area contributed by atoms with Gasteiger partial charge in [-0.2, -0.15) is 0 Å². The molecule has 0 heterocycles. The number of carboxylic acids is 1. The summed E-state index contributed by atoms with van der Waals surface area (Å²) in [6.45, 7) is -0.234. The standard InChI is InChI=1S/C15H11Cl2NO4/c16-10-3-6-13(12(17)7-10)22-8-14(19)18-11-4-1-9(2-5-11)15(20)21/h1-7H,8H2,(H,18,19)(H,20,21). The number of benzene rings is 2. The van der Waals surface area contributed by atoms with Crippen molar-refractivity contribution in [3.8, 4) is 5.75 Å². The number of hydrogen-bond acceptors (Lipinski definition) is 3. The first-order valence-electron chi connectivity index (χ1n) is 6.17. The number of rotatable bonds is 5. The minimum absolute atomic E-state index is 0.141. The highest BCUT2D eigenvalue weighted by Gasteiger charge is 2.08. The Morgan fingerprint density at radius 3 is 2.36 bits per heavy atom. The highest BCUT2D eigenvalue weighted by molar-refractivity contribution is 6.35. The molecular weight excluding hydrogens is 329 g/mol. The quantitative estimate of drug-likeness (QED) is 0.870. The molecule has 0 bridgehead atoms. The second-order valence-corrected chi connectivity index (χ2v) is 5.14. The Labute approximate surface area is 136 Å². The van der Waals surface area contributed by atoms with E-state index >= 15 is 0 Å². The molecule has 114 valence electrons. The molecular formula is C15H11Cl2NO4. The van der Waals surface area contributed by atoms with Crippen LogP contribution in [0.5, 0.6) is 5.75 Å². The number of hydrogen-bond donors (Lipinski definition) is 2. The summed E-state index contributed by atoms with van der Waals surface area (Å²) in [5.74, 6) is -1.07. The number of ether oxygens (including phenoxy) is 1. The average molecular weight is 340 g/mol. The molecule has 0 fully saturated rings. The third kappa shape index (κ3) is 4.38. The maximum absolute atomic E-state index is 11.8. The van der Waals surface area contributed by atoms with Gasteiger partial charge in [-0.25, -0.2) is 4.79 Å². The molecule has 0 saturated heterocycles. The maximum Gasteiger partial charge on any atom is 0.335 e. The van der Waals surface area contributed by atoms with Crippen molar-refractivity contribution in [2.24, 2.45) is 0 Å². The highest BCUT2D eigenvalue weighted by Crippen LogP contribution is 2.27. The van der Waals surface area contributed by atoms with E-state index in [1.165, 1.54) is 30.3 Å². The summed E-state index contributed by atoms with van der Waals surface area (Å²) in [5, 5.41) is 12.2. The molecule has 1 amide bonds. The molecule has 0 aliphatic heterocycles. The van der Waals surface area contributed by atoms with Crippen LogP contribution in [-0.2, 0) is 4.79 Å². The lowest BCUT2D eigenvalue weighted by atomic mass is 10.2. The molecule has 0 radical (unpaired) electrons. The van der Waals surface area contributed by atoms with Crippen LogP contribution in [0.4, 0.5) is 5.69 Å². The van der Waals surface area contributed by atoms with Crippen LogP contribution < -0.4 is 10.1 Å². The van der Waals surface area contributed by atoms with Gasteiger partial charge in [-0.15, -0.1) is 0 Å². The van der Waals surface area contributed by atoms with Crippen LogP contribution in [0, 0.1) is 0 Å². The molecule has 7 heteroatoms. The molecule has 2 aromatic rings. The number of aromatic carboxylic acids is 1. The van der Waals surface area contributed by atoms with Crippen molar-refractivity contribution >= 4 is 40.8 Å². The molecule has 0 saturated carbocycles. The fourth-order valence-corrected chi connectivity index (χ4v) is 2.09. The van der Waals surface area contributed by atoms with Gasteiger partial charge in [0.1, 0.15) is 5.75 Å². The Morgan fingerprint density at radius 2 is 1.77 bits per heavy atom. The Kier molecular flexibility index (Phi) is 5.25. The van der Waals surface area contributed by atoms with E-state index in [0.29, 0.717) is 21.5 Å². The predicted molar refractivity (Wildman–Crippen MR) is 84.0 cm³/mol. The van der Waals surface area contributed by atoms with E-state index in [4.69, 9.17) is 33.0 Å². The van der Waals surface area contributed by atoms with Gasteiger partial charge in [-0.1, -0.05) is 23.2 Å². The van der Waals surface area contributed by atoms with Crippen LogP contribution in [0.3, 0.4) is 0 Å². The second kappa shape index (κ2) is 7.15. The van der Waals surface area contributed by atoms with Crippen molar-refractivity contribution in [2.45, 2.75) is 0 Å². The van der Waals surface area contributed by atoms with Gasteiger partial charge in [0.2, 0.25) is 0 Å². The molecule has 0 aliphatic rings. The molecule has 22 heavy (non-hydrogen) atoms. The van der Waals surface area contributed by atoms with Crippen LogP contribution in [0.25, 0.3) is 0 Å². The number of carbonyl (C=O) groups excluding carboxylic acids is 1. The zero-order valence-electron chi connectivity index (χ0n) is 11.2. The number of halogens is 2. The van der Waals surface area contributed by atoms with E-state index in [9.17, 15) is 9.59 Å². The SMILES string of the molecule is O=C(COc1ccc(Cl)cc1Cl)Nc1ccc(C(=O)O)cc1. The summed E-state index contributed by atoms with van der Waals surface area (Å²) in [6, 6.07) is 10.5. The maximum atomic E-state index is 11.8. The van der Waals surface area contributed by atoms with Crippen LogP contribution in [0.1, 0.15) is 10.4 Å². The topological polar surface area (TPSA) is 75.6 Å². The van der Waals surface area contributed by atoms with Gasteiger partial charge in [-0.3, -0.25) is 4.79 Å². The molecule has 0 unspecified atom stereocenters. The van der Waals surface area contributed by atoms with Crippen LogP contribution in [0.15, 0.2) is 42.5 Å². The Morgan fingerprint density at radius 1 is 1.09 bits per heavy atom. The van der Waals surface area contributed by atoms with Gasteiger partial charge < -0.3 is 15.2 Å². The number of amides is 1. The fourth-order valence-electron chi connectivity index (χ4n) is 1.63. The van der Waals surface area contributed by atoms with Crippen molar-refractivity contribution in [3.05, 3.63) is 58.1 Å². The van der Waals surface area contributed by atoms with Gasteiger partial charge >= 0.3 is 5.97 Å². The third-order valence-electron chi connectivity index (χ3n) is 2.67. The monoisotopic (exact) mass is 339 g/mol. The Hall–Kier alpha value is -2.24. The van der Waals surface area contributed by atoms with E-state index in [2.05, 4.69) is 5.32 Å². The number of carbonyl (C=O) groups is 2. The van der Waals surface area contributed by atoms with Crippen molar-refractivity contribution in [2.75, 3.05) is 11.9 Å². The first-order valence-corrected chi connectivity index (χ1v) is 6.92. The highest BCUT2D eigenvalue weighted by atomic mass is 35.5. The lowest BCUT2D eigenvalue weighted by molar-refractivity contribution is -0.118. The van der Waals surface area contributed by atoms with Gasteiger partial charge in [0.15, 0.2) is 6.61 Å². The minimum atomic E-state index is -1.03. The van der Waals surface area contributed by atoms with Gasteiger partial charge in [0, 0.05) is 10.7 Å². The van der Waals surface area contributed by atoms with E-state index in [1.54, 1.807) is 12.1 Å². The minimum Gasteiger partial charge on any atom is -0.482 e. The normalized spacial score (nSPS) is 10.1. The van der Waals surface area contributed by atoms with Crippen molar-refractivity contribution in [1.29, 1.82) is 0 Å². The second-order valence-electron chi connectivity index (χ2n) is 4.29. The Balaban J connectivity index is 1.91. The summed E-state index contributed by atoms with van der Waals surface area (Å²) < 4.78 is 5.29. The summed E-state index contributed by atoms with van der Waals surface area (Å²) >= 11 is 11.7. The van der Waals surface area contributed by atoms with Crippen molar-refractivity contribution in [1.82, 2.24) is 0 Å². The zero-order chi connectivity index (χ0) is 16.1. The summed E-state index contributed by atoms with van der Waals surface area (Å²) in [4.78, 5) is 22.5. The number of carboxylic acid groups (broad SMARTS) is 1. The lowest BCUT2D eigenvalue weighted by Gasteiger charge is -2.09. The summed E-state index contributed by atoms with van der Waals surface area (Å²) in [7, 11) is 0. The number of anilines is 1. The number of nitrogens with one attached hydrogen (secondary N) is 1. The van der Waals surface area contributed by atoms with E-state index in [-0.39, 0.29) is 12.2 Å². The summed E-state index contributed by atoms with van der Waals surface area (Å²) in [5.41, 5.74) is 0.614. The van der Waals surface area contributed by atoms with Crippen LogP contribution in [0.2, 0.25) is 10.0 Å². The fraction of sp³-hybridized carbons (Fsp3) is 0.0667. The molecule has 2 rings (SSSR count). The molecule has 5 nitrogen and oxygen atoms in total. The molecule has 2 N–H and O–H groups in total. The van der Waals surface area contributed by atoms with E-state index in [1.807, 2.05) is 0 Å². The van der Waals surface area contributed by atoms with Crippen molar-refractivity contribution in [3.63, 3.8) is 0 Å². The molecule has 2 aromatic carbocycles. The smallest absolute Gasteiger partial charge is 0.335 e. The van der Waals surface area contributed by atoms with Crippen LogP contribution in [-0.4, -0.2) is 23.6 Å². The van der Waals surface area contributed by atoms with E-state index in [0.717, 1.165) is 0 Å². The van der Waals surface area contributed by atoms with Gasteiger partial charge in [0.05, 0.1) is 10.6 Å². The van der Waals surface area contributed by atoms with Crippen molar-refractivity contribution < 1.29 is 19.4 Å².